The van der Waals surface area contributed by atoms with Crippen LogP contribution in [0.5, 0.6) is 11.5 Å². The topological polar surface area (TPSA) is 82.0 Å². The van der Waals surface area contributed by atoms with Crippen LogP contribution in [0.25, 0.3) is 21.7 Å². The van der Waals surface area contributed by atoms with E-state index in [-0.39, 0.29) is 11.5 Å². The van der Waals surface area contributed by atoms with E-state index < -0.39 is 0 Å². The zero-order chi connectivity index (χ0) is 15.1. The summed E-state index contributed by atoms with van der Waals surface area (Å²) in [5.41, 5.74) is 3.48. The van der Waals surface area contributed by atoms with Gasteiger partial charge in [0.2, 0.25) is 0 Å². The minimum atomic E-state index is 0.0249. The molecule has 0 saturated carbocycles. The molecule has 5 nitrogen and oxygen atoms in total. The second-order valence-electron chi connectivity index (χ2n) is 4.98. The average Bonchev–Trinajstić information content (AvgIpc) is 2.94. The van der Waals surface area contributed by atoms with Crippen LogP contribution in [0.2, 0.25) is 0 Å². The summed E-state index contributed by atoms with van der Waals surface area (Å²) in [4.78, 5) is 5.39. The van der Waals surface area contributed by atoms with Gasteiger partial charge in [0.25, 0.3) is 0 Å². The van der Waals surface area contributed by atoms with Crippen molar-refractivity contribution in [3.63, 3.8) is 0 Å². The second kappa shape index (κ2) is 4.89. The number of thiazole rings is 1. The van der Waals surface area contributed by atoms with E-state index in [2.05, 4.69) is 15.2 Å². The second-order valence-corrected chi connectivity index (χ2v) is 6.19. The number of H-pyrrole nitrogens is 1. The molecule has 6 heteroatoms. The molecule has 0 saturated heterocycles. The quantitative estimate of drug-likeness (QED) is 0.676. The molecule has 2 aromatic heterocycles. The van der Waals surface area contributed by atoms with Crippen LogP contribution in [-0.4, -0.2) is 25.4 Å². The smallest absolute Gasteiger partial charge is 0.128 e. The van der Waals surface area contributed by atoms with Gasteiger partial charge in [-0.1, -0.05) is 0 Å². The lowest BCUT2D eigenvalue weighted by molar-refractivity contribution is 0.453. The predicted molar refractivity (Wildman–Crippen MR) is 82.7 cm³/mol. The fourth-order valence-electron chi connectivity index (χ4n) is 2.43. The minimum Gasteiger partial charge on any atom is -0.507 e. The number of aromatic hydroxyl groups is 2. The lowest BCUT2D eigenvalue weighted by atomic mass is 10.0. The molecular formula is C15H15N3O2S. The maximum Gasteiger partial charge on any atom is 0.128 e. The monoisotopic (exact) mass is 301 g/mol. The van der Waals surface area contributed by atoms with Crippen molar-refractivity contribution in [1.82, 2.24) is 15.2 Å². The van der Waals surface area contributed by atoms with Crippen LogP contribution < -0.4 is 0 Å². The zero-order valence-corrected chi connectivity index (χ0v) is 12.7. The van der Waals surface area contributed by atoms with Gasteiger partial charge in [0, 0.05) is 5.56 Å². The van der Waals surface area contributed by atoms with E-state index in [0.717, 1.165) is 26.7 Å². The van der Waals surface area contributed by atoms with Gasteiger partial charge in [0.05, 0.1) is 33.0 Å². The molecule has 108 valence electrons. The highest BCUT2D eigenvalue weighted by atomic mass is 32.1. The lowest BCUT2D eigenvalue weighted by Gasteiger charge is -2.08. The number of nitrogens with one attached hydrogen (secondary N) is 1. The summed E-state index contributed by atoms with van der Waals surface area (Å²) in [7, 11) is 0. The third-order valence-corrected chi connectivity index (χ3v) is 4.38. The normalized spacial score (nSPS) is 11.0. The maximum atomic E-state index is 10.2. The van der Waals surface area contributed by atoms with Gasteiger partial charge in [-0.3, -0.25) is 5.10 Å². The molecule has 2 heterocycles. The molecule has 0 fully saturated rings. The van der Waals surface area contributed by atoms with Crippen LogP contribution in [0.15, 0.2) is 18.3 Å². The van der Waals surface area contributed by atoms with E-state index in [1.165, 1.54) is 0 Å². The third kappa shape index (κ3) is 2.27. The molecule has 3 aromatic rings. The maximum absolute atomic E-state index is 10.2. The minimum absolute atomic E-state index is 0.0249. The van der Waals surface area contributed by atoms with Crippen LogP contribution in [0.3, 0.4) is 0 Å². The van der Waals surface area contributed by atoms with Crippen molar-refractivity contribution in [1.29, 1.82) is 0 Å². The highest BCUT2D eigenvalue weighted by Crippen LogP contribution is 2.43. The molecule has 1 aromatic carbocycles. The molecule has 3 N–H and O–H groups in total. The van der Waals surface area contributed by atoms with E-state index in [1.807, 2.05) is 20.8 Å². The Labute approximate surface area is 125 Å². The van der Waals surface area contributed by atoms with Crippen molar-refractivity contribution in [3.8, 4) is 33.2 Å². The average molecular weight is 301 g/mol. The van der Waals surface area contributed by atoms with Crippen LogP contribution in [0, 0.1) is 20.8 Å². The van der Waals surface area contributed by atoms with Crippen molar-refractivity contribution in [2.45, 2.75) is 20.8 Å². The van der Waals surface area contributed by atoms with Crippen LogP contribution >= 0.6 is 11.3 Å². The first-order chi connectivity index (χ1) is 9.97. The lowest BCUT2D eigenvalue weighted by Crippen LogP contribution is -1.86. The molecule has 0 spiro atoms. The van der Waals surface area contributed by atoms with Crippen molar-refractivity contribution < 1.29 is 10.2 Å². The number of phenolic OH excluding ortho intramolecular Hbond substituents is 2. The van der Waals surface area contributed by atoms with Gasteiger partial charge in [-0.05, 0) is 38.5 Å². The highest BCUT2D eigenvalue weighted by Gasteiger charge is 2.20. The Morgan fingerprint density at radius 2 is 1.76 bits per heavy atom. The number of aryl methyl sites for hydroxylation is 3. The Balaban J connectivity index is 2.23. The Morgan fingerprint density at radius 3 is 2.33 bits per heavy atom. The number of aromatic nitrogens is 3. The fourth-order valence-corrected chi connectivity index (χ4v) is 3.37. The summed E-state index contributed by atoms with van der Waals surface area (Å²) in [5.74, 6) is 0.0498. The van der Waals surface area contributed by atoms with Crippen molar-refractivity contribution in [2.75, 3.05) is 0 Å². The van der Waals surface area contributed by atoms with Gasteiger partial charge in [-0.25, -0.2) is 4.98 Å². The standard InChI is InChI=1S/C15H15N3O2S/c1-7-4-11(19)13(12(20)5-7)14-10(6-16-18-14)15-8(2)17-9(3)21-15/h4-6,19-20H,1-3H3,(H,16,18). The van der Waals surface area contributed by atoms with Gasteiger partial charge in [-0.2, -0.15) is 5.10 Å². The first-order valence-electron chi connectivity index (χ1n) is 6.48. The predicted octanol–water partition coefficient (Wildman–Crippen LogP) is 3.54. The molecule has 3 rings (SSSR count). The number of nitrogens with zero attached hydrogens (tertiary/aromatic N) is 2. The zero-order valence-electron chi connectivity index (χ0n) is 11.9. The Morgan fingerprint density at radius 1 is 1.10 bits per heavy atom. The number of hydrogen-bond acceptors (Lipinski definition) is 5. The van der Waals surface area contributed by atoms with Crippen molar-refractivity contribution in [2.24, 2.45) is 0 Å². The molecule has 0 aliphatic heterocycles. The summed E-state index contributed by atoms with van der Waals surface area (Å²) in [6, 6.07) is 3.23. The molecule has 0 atom stereocenters. The number of benzene rings is 1. The van der Waals surface area contributed by atoms with Gasteiger partial charge < -0.3 is 10.2 Å². The first-order valence-corrected chi connectivity index (χ1v) is 7.29. The number of rotatable bonds is 2. The van der Waals surface area contributed by atoms with Gasteiger partial charge in [0.15, 0.2) is 0 Å². The Hall–Kier alpha value is -2.34. The van der Waals surface area contributed by atoms with Gasteiger partial charge in [-0.15, -0.1) is 11.3 Å². The van der Waals surface area contributed by atoms with Crippen molar-refractivity contribution in [3.05, 3.63) is 34.6 Å². The SMILES string of the molecule is Cc1cc(O)c(-c2[nH]ncc2-c2sc(C)nc2C)c(O)c1. The van der Waals surface area contributed by atoms with Gasteiger partial charge in [0.1, 0.15) is 11.5 Å². The number of aromatic amines is 1. The van der Waals surface area contributed by atoms with E-state index in [1.54, 1.807) is 29.7 Å². The van der Waals surface area contributed by atoms with E-state index in [4.69, 9.17) is 0 Å². The Kier molecular flexibility index (Phi) is 3.17. The summed E-state index contributed by atoms with van der Waals surface area (Å²) in [6.45, 7) is 5.69. The molecule has 0 amide bonds. The van der Waals surface area contributed by atoms with Crippen LogP contribution in [-0.2, 0) is 0 Å². The largest absolute Gasteiger partial charge is 0.507 e. The molecular weight excluding hydrogens is 286 g/mol. The van der Waals surface area contributed by atoms with Crippen LogP contribution in [0.1, 0.15) is 16.3 Å². The summed E-state index contributed by atoms with van der Waals surface area (Å²) < 4.78 is 0. The van der Waals surface area contributed by atoms with Crippen molar-refractivity contribution >= 4 is 11.3 Å². The molecule has 0 radical (unpaired) electrons. The van der Waals surface area contributed by atoms with Gasteiger partial charge >= 0.3 is 0 Å². The molecule has 0 unspecified atom stereocenters. The van der Waals surface area contributed by atoms with E-state index in [9.17, 15) is 10.2 Å². The number of hydrogen-bond donors (Lipinski definition) is 3. The fraction of sp³-hybridized carbons (Fsp3) is 0.200. The molecule has 0 aliphatic rings. The third-order valence-electron chi connectivity index (χ3n) is 3.28. The van der Waals surface area contributed by atoms with E-state index in [0.29, 0.717) is 11.3 Å². The first kappa shape index (κ1) is 13.6. The van der Waals surface area contributed by atoms with E-state index >= 15 is 0 Å². The molecule has 0 bridgehead atoms. The number of phenols is 2. The summed E-state index contributed by atoms with van der Waals surface area (Å²) in [5, 5.41) is 28.2. The molecule has 0 aliphatic carbocycles. The summed E-state index contributed by atoms with van der Waals surface area (Å²) >= 11 is 1.56. The Bertz CT molecular complexity index is 797. The highest BCUT2D eigenvalue weighted by molar-refractivity contribution is 7.15. The summed E-state index contributed by atoms with van der Waals surface area (Å²) in [6.07, 6.45) is 1.69. The molecule has 21 heavy (non-hydrogen) atoms. The van der Waals surface area contributed by atoms with Crippen LogP contribution in [0.4, 0.5) is 0 Å².